The number of nitrogens with zero attached hydrogens (tertiary/aromatic N) is 3. The average Bonchev–Trinajstić information content (AvgIpc) is 3.07. The Kier molecular flexibility index (Phi) is 5.59. The van der Waals surface area contributed by atoms with Crippen LogP contribution in [0.15, 0.2) is 35.1 Å². The summed E-state index contributed by atoms with van der Waals surface area (Å²) in [5, 5.41) is 16.6. The van der Waals surface area contributed by atoms with E-state index >= 15 is 0 Å². The molecule has 2 aromatic heterocycles. The summed E-state index contributed by atoms with van der Waals surface area (Å²) in [4.78, 5) is 40.9. The van der Waals surface area contributed by atoms with Crippen LogP contribution in [0.4, 0.5) is 5.13 Å². The van der Waals surface area contributed by atoms with Crippen molar-refractivity contribution in [2.24, 2.45) is 0 Å². The van der Waals surface area contributed by atoms with E-state index in [1.54, 1.807) is 31.2 Å². The standard InChI is InChI=1S/C18H16N4O6S/c1-9-15(17(26)28-3)29-18(19-9)20-16(25)14-11(23)8-13(24)22(21-14)10-6-4-5-7-12(10)27-2/h4-8,23H,1-3H3,(H,19,20,25). The van der Waals surface area contributed by atoms with Gasteiger partial charge in [-0.3, -0.25) is 14.9 Å². The number of methoxy groups -OCH3 is 2. The van der Waals surface area contributed by atoms with Gasteiger partial charge in [0.1, 0.15) is 16.3 Å². The third-order valence-corrected chi connectivity index (χ3v) is 4.88. The molecule has 1 amide bonds. The lowest BCUT2D eigenvalue weighted by atomic mass is 10.3. The molecule has 0 aliphatic rings. The van der Waals surface area contributed by atoms with Gasteiger partial charge in [0.25, 0.3) is 11.5 Å². The van der Waals surface area contributed by atoms with E-state index in [1.165, 1.54) is 14.2 Å². The van der Waals surface area contributed by atoms with Crippen LogP contribution >= 0.6 is 11.3 Å². The van der Waals surface area contributed by atoms with Gasteiger partial charge >= 0.3 is 5.97 Å². The van der Waals surface area contributed by atoms with Gasteiger partial charge in [-0.15, -0.1) is 0 Å². The number of carbonyl (C=O) groups is 2. The van der Waals surface area contributed by atoms with Crippen LogP contribution in [0.3, 0.4) is 0 Å². The number of hydrogen-bond acceptors (Lipinski definition) is 9. The van der Waals surface area contributed by atoms with Crippen LogP contribution < -0.4 is 15.6 Å². The summed E-state index contributed by atoms with van der Waals surface area (Å²) in [6.45, 7) is 1.59. The van der Waals surface area contributed by atoms with Crippen LogP contribution in [0, 0.1) is 6.92 Å². The van der Waals surface area contributed by atoms with Crippen molar-refractivity contribution in [2.75, 3.05) is 19.5 Å². The van der Waals surface area contributed by atoms with E-state index in [-0.39, 0.29) is 10.0 Å². The second-order valence-electron chi connectivity index (χ2n) is 5.68. The summed E-state index contributed by atoms with van der Waals surface area (Å²) < 4.78 is 10.8. The number of aryl methyl sites for hydroxylation is 1. The summed E-state index contributed by atoms with van der Waals surface area (Å²) >= 11 is 0.915. The highest BCUT2D eigenvalue weighted by atomic mass is 32.1. The Balaban J connectivity index is 1.98. The molecule has 150 valence electrons. The van der Waals surface area contributed by atoms with Gasteiger partial charge in [0.05, 0.1) is 19.9 Å². The first-order valence-corrected chi connectivity index (χ1v) is 9.01. The Morgan fingerprint density at radius 3 is 2.66 bits per heavy atom. The first-order chi connectivity index (χ1) is 13.8. The molecule has 0 bridgehead atoms. The molecule has 0 fully saturated rings. The minimum Gasteiger partial charge on any atom is -0.505 e. The highest BCUT2D eigenvalue weighted by Gasteiger charge is 2.21. The fraction of sp³-hybridized carbons (Fsp3) is 0.167. The molecular formula is C18H16N4O6S. The molecule has 29 heavy (non-hydrogen) atoms. The molecule has 0 saturated carbocycles. The number of para-hydroxylation sites is 2. The van der Waals surface area contributed by atoms with Crippen molar-refractivity contribution in [3.05, 3.63) is 57.0 Å². The van der Waals surface area contributed by atoms with E-state index < -0.39 is 28.9 Å². The number of aromatic nitrogens is 3. The SMILES string of the molecule is COC(=O)c1sc(NC(=O)c2nn(-c3ccccc3OC)c(=O)cc2O)nc1C. The molecule has 10 nitrogen and oxygen atoms in total. The molecule has 3 aromatic rings. The van der Waals surface area contributed by atoms with Crippen molar-refractivity contribution < 1.29 is 24.2 Å². The van der Waals surface area contributed by atoms with Crippen LogP contribution in [0.25, 0.3) is 5.69 Å². The summed E-state index contributed by atoms with van der Waals surface area (Å²) in [5.41, 5.74) is -0.370. The number of carbonyl (C=O) groups excluding carboxylic acids is 2. The fourth-order valence-corrected chi connectivity index (χ4v) is 3.35. The number of thiazole rings is 1. The number of anilines is 1. The number of benzene rings is 1. The van der Waals surface area contributed by atoms with Crippen molar-refractivity contribution in [3.8, 4) is 17.2 Å². The summed E-state index contributed by atoms with van der Waals surface area (Å²) in [6.07, 6.45) is 0. The monoisotopic (exact) mass is 416 g/mol. The van der Waals surface area contributed by atoms with Crippen LogP contribution in [-0.2, 0) is 4.74 Å². The van der Waals surface area contributed by atoms with Gasteiger partial charge in [-0.25, -0.2) is 9.78 Å². The average molecular weight is 416 g/mol. The van der Waals surface area contributed by atoms with Gasteiger partial charge in [-0.2, -0.15) is 9.78 Å². The Hall–Kier alpha value is -3.73. The van der Waals surface area contributed by atoms with Gasteiger partial charge in [0.15, 0.2) is 16.6 Å². The number of ether oxygens (including phenoxy) is 2. The van der Waals surface area contributed by atoms with Crippen LogP contribution in [-0.4, -0.2) is 46.0 Å². The Labute approximate surface area is 168 Å². The lowest BCUT2D eigenvalue weighted by molar-refractivity contribution is 0.0605. The highest BCUT2D eigenvalue weighted by molar-refractivity contribution is 7.17. The molecule has 1 aromatic carbocycles. The van der Waals surface area contributed by atoms with Gasteiger partial charge in [-0.1, -0.05) is 23.5 Å². The zero-order chi connectivity index (χ0) is 21.1. The number of amides is 1. The third-order valence-electron chi connectivity index (χ3n) is 3.83. The number of aromatic hydroxyl groups is 1. The first-order valence-electron chi connectivity index (χ1n) is 8.19. The lowest BCUT2D eigenvalue weighted by Gasteiger charge is -2.11. The van der Waals surface area contributed by atoms with Gasteiger partial charge in [0.2, 0.25) is 0 Å². The van der Waals surface area contributed by atoms with Gasteiger partial charge in [0, 0.05) is 6.07 Å². The Morgan fingerprint density at radius 1 is 1.24 bits per heavy atom. The van der Waals surface area contributed by atoms with Crippen LogP contribution in [0.1, 0.15) is 25.9 Å². The highest BCUT2D eigenvalue weighted by Crippen LogP contribution is 2.25. The summed E-state index contributed by atoms with van der Waals surface area (Å²) in [5.74, 6) is -1.62. The van der Waals surface area contributed by atoms with Gasteiger partial charge in [-0.05, 0) is 19.1 Å². The van der Waals surface area contributed by atoms with Crippen LogP contribution in [0.2, 0.25) is 0 Å². The first kappa shape index (κ1) is 20.0. The molecule has 0 radical (unpaired) electrons. The minimum atomic E-state index is -0.809. The molecule has 2 N–H and O–H groups in total. The summed E-state index contributed by atoms with van der Waals surface area (Å²) in [6, 6.07) is 7.47. The molecular weight excluding hydrogens is 400 g/mol. The van der Waals surface area contributed by atoms with E-state index in [0.717, 1.165) is 22.1 Å². The maximum Gasteiger partial charge on any atom is 0.350 e. The molecule has 11 heteroatoms. The molecule has 0 saturated heterocycles. The molecule has 0 aliphatic heterocycles. The predicted octanol–water partition coefficient (Wildman–Crippen LogP) is 1.75. The predicted molar refractivity (Wildman–Crippen MR) is 104 cm³/mol. The largest absolute Gasteiger partial charge is 0.505 e. The zero-order valence-electron chi connectivity index (χ0n) is 15.6. The maximum atomic E-state index is 12.6. The van der Waals surface area contributed by atoms with Crippen molar-refractivity contribution in [1.82, 2.24) is 14.8 Å². The normalized spacial score (nSPS) is 10.4. The minimum absolute atomic E-state index is 0.115. The molecule has 3 rings (SSSR count). The number of rotatable bonds is 5. The Morgan fingerprint density at radius 2 is 1.97 bits per heavy atom. The van der Waals surface area contributed by atoms with E-state index in [1.807, 2.05) is 0 Å². The van der Waals surface area contributed by atoms with E-state index in [2.05, 4.69) is 20.1 Å². The molecule has 0 aliphatic carbocycles. The third kappa shape index (κ3) is 3.94. The second-order valence-corrected chi connectivity index (χ2v) is 6.68. The molecule has 0 spiro atoms. The molecule has 0 atom stereocenters. The second kappa shape index (κ2) is 8.10. The molecule has 0 unspecified atom stereocenters. The van der Waals surface area contributed by atoms with Crippen molar-refractivity contribution in [1.29, 1.82) is 0 Å². The van der Waals surface area contributed by atoms with E-state index in [4.69, 9.17) is 4.74 Å². The van der Waals surface area contributed by atoms with Crippen LogP contribution in [0.5, 0.6) is 11.5 Å². The number of hydrogen-bond donors (Lipinski definition) is 2. The van der Waals surface area contributed by atoms with E-state index in [0.29, 0.717) is 17.1 Å². The van der Waals surface area contributed by atoms with Gasteiger partial charge < -0.3 is 14.6 Å². The van der Waals surface area contributed by atoms with E-state index in [9.17, 15) is 19.5 Å². The molecule has 2 heterocycles. The van der Waals surface area contributed by atoms with Crippen molar-refractivity contribution in [3.63, 3.8) is 0 Å². The zero-order valence-corrected chi connectivity index (χ0v) is 16.4. The number of esters is 1. The number of nitrogens with one attached hydrogen (secondary N) is 1. The Bertz CT molecular complexity index is 1150. The fourth-order valence-electron chi connectivity index (χ4n) is 2.47. The van der Waals surface area contributed by atoms with Crippen molar-refractivity contribution >= 4 is 28.3 Å². The smallest absolute Gasteiger partial charge is 0.350 e. The quantitative estimate of drug-likeness (QED) is 0.601. The van der Waals surface area contributed by atoms with Crippen molar-refractivity contribution in [2.45, 2.75) is 6.92 Å². The lowest BCUT2D eigenvalue weighted by Crippen LogP contribution is -2.25. The summed E-state index contributed by atoms with van der Waals surface area (Å²) in [7, 11) is 2.67. The topological polar surface area (TPSA) is 133 Å². The maximum absolute atomic E-state index is 12.6.